The molecule has 1 fully saturated rings. The molecule has 1 saturated heterocycles. The van der Waals surface area contributed by atoms with Gasteiger partial charge in [-0.2, -0.15) is 0 Å². The van der Waals surface area contributed by atoms with Crippen LogP contribution >= 0.6 is 0 Å². The summed E-state index contributed by atoms with van der Waals surface area (Å²) < 4.78 is 0. The molecular weight excluding hydrogens is 548 g/mol. The molecule has 1 aliphatic rings. The molecule has 4 rings (SSSR count). The molecule has 0 saturated carbocycles. The standard InChI is InChI=1S/C37H48N4O3/c1-3-29(2)27-41-23-13-14-30(28-41)25-39-34(42)21-22-38-36(44)26-40-35(43)24-37(31-15-7-4-8-16-31,32-17-9-5-10-18-32)33-19-11-6-12-20-33/h4-12,15-20,29-30H,3,13-14,21-28H2,1-2H3,(H,38,44)(H,39,42)(H,40,43). The first-order chi connectivity index (χ1) is 21.4. The number of hydrogen-bond acceptors (Lipinski definition) is 4. The van der Waals surface area contributed by atoms with Crippen LogP contribution in [0.25, 0.3) is 0 Å². The second-order valence-corrected chi connectivity index (χ2v) is 12.1. The number of rotatable bonds is 15. The summed E-state index contributed by atoms with van der Waals surface area (Å²) in [6, 6.07) is 30.0. The second-order valence-electron chi connectivity index (χ2n) is 12.1. The van der Waals surface area contributed by atoms with Gasteiger partial charge in [-0.1, -0.05) is 111 Å². The third-order valence-corrected chi connectivity index (χ3v) is 8.80. The van der Waals surface area contributed by atoms with Gasteiger partial charge in [-0.25, -0.2) is 0 Å². The summed E-state index contributed by atoms with van der Waals surface area (Å²) in [5, 5.41) is 8.65. The Balaban J connectivity index is 1.27. The molecule has 44 heavy (non-hydrogen) atoms. The monoisotopic (exact) mass is 596 g/mol. The molecule has 1 heterocycles. The number of carbonyl (C=O) groups excluding carboxylic acids is 3. The minimum absolute atomic E-state index is 0.0632. The van der Waals surface area contributed by atoms with Gasteiger partial charge in [0.05, 0.1) is 12.0 Å². The zero-order valence-electron chi connectivity index (χ0n) is 26.3. The molecule has 7 nitrogen and oxygen atoms in total. The number of amides is 3. The molecule has 2 unspecified atom stereocenters. The SMILES string of the molecule is CCC(C)CN1CCCC(CNC(=O)CCNC(=O)CNC(=O)CC(c2ccccc2)(c2ccccc2)c2ccccc2)C1. The van der Waals surface area contributed by atoms with E-state index in [0.29, 0.717) is 18.4 Å². The number of nitrogens with zero attached hydrogens (tertiary/aromatic N) is 1. The van der Waals surface area contributed by atoms with Crippen molar-refractivity contribution in [1.82, 2.24) is 20.9 Å². The number of carbonyl (C=O) groups is 3. The highest BCUT2D eigenvalue weighted by molar-refractivity contribution is 5.86. The van der Waals surface area contributed by atoms with Crippen molar-refractivity contribution in [2.45, 2.75) is 51.4 Å². The van der Waals surface area contributed by atoms with Gasteiger partial charge in [0.15, 0.2) is 0 Å². The zero-order valence-corrected chi connectivity index (χ0v) is 26.3. The maximum atomic E-state index is 13.4. The van der Waals surface area contributed by atoms with E-state index in [-0.39, 0.29) is 43.7 Å². The molecule has 0 bridgehead atoms. The summed E-state index contributed by atoms with van der Waals surface area (Å²) in [6.45, 7) is 8.56. The van der Waals surface area contributed by atoms with Gasteiger partial charge in [0.2, 0.25) is 17.7 Å². The fraction of sp³-hybridized carbons (Fsp3) is 0.432. The van der Waals surface area contributed by atoms with E-state index in [1.54, 1.807) is 0 Å². The Kier molecular flexibility index (Phi) is 12.5. The number of nitrogens with one attached hydrogen (secondary N) is 3. The molecule has 3 aromatic rings. The minimum atomic E-state index is -0.730. The van der Waals surface area contributed by atoms with Crippen LogP contribution in [0.3, 0.4) is 0 Å². The Morgan fingerprint density at radius 2 is 1.36 bits per heavy atom. The van der Waals surface area contributed by atoms with Gasteiger partial charge >= 0.3 is 0 Å². The summed E-state index contributed by atoms with van der Waals surface area (Å²) in [5.74, 6) is 0.548. The summed E-state index contributed by atoms with van der Waals surface area (Å²) in [6.07, 6.45) is 3.83. The zero-order chi connectivity index (χ0) is 31.2. The van der Waals surface area contributed by atoms with Crippen LogP contribution in [0.4, 0.5) is 0 Å². The lowest BCUT2D eigenvalue weighted by molar-refractivity contribution is -0.126. The molecule has 0 aliphatic carbocycles. The number of hydrogen-bond donors (Lipinski definition) is 3. The van der Waals surface area contributed by atoms with Crippen molar-refractivity contribution < 1.29 is 14.4 Å². The first-order valence-electron chi connectivity index (χ1n) is 16.1. The van der Waals surface area contributed by atoms with Crippen molar-refractivity contribution in [3.63, 3.8) is 0 Å². The summed E-state index contributed by atoms with van der Waals surface area (Å²) in [5.41, 5.74) is 2.27. The Morgan fingerprint density at radius 1 is 0.795 bits per heavy atom. The van der Waals surface area contributed by atoms with E-state index in [1.807, 2.05) is 91.0 Å². The molecule has 3 aromatic carbocycles. The fourth-order valence-corrected chi connectivity index (χ4v) is 6.23. The van der Waals surface area contributed by atoms with Gasteiger partial charge in [-0.3, -0.25) is 14.4 Å². The number of piperidine rings is 1. The lowest BCUT2D eigenvalue weighted by atomic mass is 9.67. The topological polar surface area (TPSA) is 90.5 Å². The predicted octanol–water partition coefficient (Wildman–Crippen LogP) is 4.91. The van der Waals surface area contributed by atoms with Gasteiger partial charge < -0.3 is 20.9 Å². The molecule has 1 aliphatic heterocycles. The predicted molar refractivity (Wildman–Crippen MR) is 176 cm³/mol. The van der Waals surface area contributed by atoms with Crippen molar-refractivity contribution >= 4 is 17.7 Å². The smallest absolute Gasteiger partial charge is 0.239 e. The summed E-state index contributed by atoms with van der Waals surface area (Å²) in [4.78, 5) is 41.0. The Labute approximate surface area is 262 Å². The molecule has 0 spiro atoms. The van der Waals surface area contributed by atoms with Crippen LogP contribution in [-0.4, -0.2) is 61.9 Å². The Hall–Kier alpha value is -3.97. The van der Waals surface area contributed by atoms with E-state index in [1.165, 1.54) is 12.8 Å². The van der Waals surface area contributed by atoms with Gasteiger partial charge in [-0.15, -0.1) is 0 Å². The molecule has 0 aromatic heterocycles. The Bertz CT molecular complexity index is 1220. The molecular formula is C37H48N4O3. The molecule has 3 N–H and O–H groups in total. The third kappa shape index (κ3) is 9.26. The van der Waals surface area contributed by atoms with Crippen molar-refractivity contribution in [1.29, 1.82) is 0 Å². The van der Waals surface area contributed by atoms with E-state index in [4.69, 9.17) is 0 Å². The molecule has 7 heteroatoms. The molecule has 2 atom stereocenters. The highest BCUT2D eigenvalue weighted by atomic mass is 16.2. The van der Waals surface area contributed by atoms with Gasteiger partial charge in [0, 0.05) is 39.0 Å². The van der Waals surface area contributed by atoms with Crippen LogP contribution in [-0.2, 0) is 19.8 Å². The molecule has 0 radical (unpaired) electrons. The second kappa shape index (κ2) is 16.8. The quantitative estimate of drug-likeness (QED) is 0.218. The van der Waals surface area contributed by atoms with E-state index in [2.05, 4.69) is 34.7 Å². The normalized spacial score (nSPS) is 16.1. The highest BCUT2D eigenvalue weighted by Gasteiger charge is 2.38. The minimum Gasteiger partial charge on any atom is -0.356 e. The van der Waals surface area contributed by atoms with Crippen molar-refractivity contribution in [3.8, 4) is 0 Å². The lowest BCUT2D eigenvalue weighted by Gasteiger charge is -2.35. The number of benzene rings is 3. The molecule has 3 amide bonds. The van der Waals surface area contributed by atoms with E-state index < -0.39 is 5.41 Å². The van der Waals surface area contributed by atoms with Crippen LogP contribution in [0.2, 0.25) is 0 Å². The largest absolute Gasteiger partial charge is 0.356 e. The van der Waals surface area contributed by atoms with Crippen LogP contribution in [0.5, 0.6) is 0 Å². The Morgan fingerprint density at radius 3 is 1.91 bits per heavy atom. The maximum Gasteiger partial charge on any atom is 0.239 e. The highest BCUT2D eigenvalue weighted by Crippen LogP contribution is 2.42. The third-order valence-electron chi connectivity index (χ3n) is 8.80. The maximum absolute atomic E-state index is 13.4. The van der Waals surface area contributed by atoms with Gasteiger partial charge in [0.25, 0.3) is 0 Å². The van der Waals surface area contributed by atoms with Gasteiger partial charge in [-0.05, 0) is 47.9 Å². The fourth-order valence-electron chi connectivity index (χ4n) is 6.23. The first kappa shape index (κ1) is 32.9. The van der Waals surface area contributed by atoms with Crippen molar-refractivity contribution in [2.24, 2.45) is 11.8 Å². The lowest BCUT2D eigenvalue weighted by Crippen LogP contribution is -2.43. The first-order valence-corrected chi connectivity index (χ1v) is 16.1. The van der Waals surface area contributed by atoms with E-state index in [0.717, 1.165) is 42.7 Å². The van der Waals surface area contributed by atoms with Crippen LogP contribution in [0.15, 0.2) is 91.0 Å². The van der Waals surface area contributed by atoms with Crippen molar-refractivity contribution in [2.75, 3.05) is 39.3 Å². The summed E-state index contributed by atoms with van der Waals surface area (Å²) >= 11 is 0. The number of likely N-dealkylation sites (tertiary alicyclic amines) is 1. The van der Waals surface area contributed by atoms with E-state index >= 15 is 0 Å². The van der Waals surface area contributed by atoms with Gasteiger partial charge in [0.1, 0.15) is 0 Å². The average molecular weight is 597 g/mol. The van der Waals surface area contributed by atoms with Crippen LogP contribution in [0.1, 0.15) is 62.6 Å². The van der Waals surface area contributed by atoms with Crippen LogP contribution < -0.4 is 16.0 Å². The average Bonchev–Trinajstić information content (AvgIpc) is 3.06. The van der Waals surface area contributed by atoms with Crippen LogP contribution in [0, 0.1) is 11.8 Å². The van der Waals surface area contributed by atoms with E-state index in [9.17, 15) is 14.4 Å². The summed E-state index contributed by atoms with van der Waals surface area (Å²) in [7, 11) is 0. The van der Waals surface area contributed by atoms with Crippen molar-refractivity contribution in [3.05, 3.63) is 108 Å². The molecule has 234 valence electrons.